The minimum Gasteiger partial charge on any atom is -0.460 e. The Balaban J connectivity index is 1.90. The Morgan fingerprint density at radius 2 is 2.08 bits per heavy atom. The van der Waals surface area contributed by atoms with Crippen LogP contribution in [0.15, 0.2) is 43.0 Å². The van der Waals surface area contributed by atoms with E-state index in [0.717, 1.165) is 12.7 Å². The third-order valence-corrected chi connectivity index (χ3v) is 5.56. The van der Waals surface area contributed by atoms with E-state index < -0.39 is 33.7 Å². The highest BCUT2D eigenvalue weighted by Crippen LogP contribution is 2.27. The van der Waals surface area contributed by atoms with E-state index in [1.807, 2.05) is 30.3 Å². The molecule has 0 amide bonds. The molecule has 0 saturated carbocycles. The fourth-order valence-electron chi connectivity index (χ4n) is 2.65. The lowest BCUT2D eigenvalue weighted by Crippen LogP contribution is -2.36. The lowest BCUT2D eigenvalue weighted by molar-refractivity contribution is -0.149. The van der Waals surface area contributed by atoms with Crippen molar-refractivity contribution in [3.63, 3.8) is 0 Å². The van der Waals surface area contributed by atoms with Gasteiger partial charge in [-0.3, -0.25) is 8.98 Å². The maximum Gasteiger partial charge on any atom is 0.327 e. The molecule has 3 atom stereocenters. The molecule has 2 rings (SSSR count). The van der Waals surface area contributed by atoms with Crippen LogP contribution >= 0.6 is 0 Å². The van der Waals surface area contributed by atoms with Gasteiger partial charge in [-0.2, -0.15) is 8.42 Å². The molecule has 1 aliphatic heterocycles. The Morgan fingerprint density at radius 3 is 2.73 bits per heavy atom. The summed E-state index contributed by atoms with van der Waals surface area (Å²) in [5.74, 6) is -0.871. The van der Waals surface area contributed by atoms with Gasteiger partial charge in [-0.1, -0.05) is 43.0 Å². The zero-order chi connectivity index (χ0) is 19.0. The lowest BCUT2D eigenvalue weighted by Gasteiger charge is -2.19. The first-order valence-electron chi connectivity index (χ1n) is 8.34. The van der Waals surface area contributed by atoms with E-state index in [4.69, 9.17) is 14.2 Å². The van der Waals surface area contributed by atoms with Gasteiger partial charge in [-0.05, 0) is 12.0 Å². The van der Waals surface area contributed by atoms with Crippen molar-refractivity contribution in [3.05, 3.63) is 48.6 Å². The number of hydrogen-bond donors (Lipinski definition) is 0. The van der Waals surface area contributed by atoms with Gasteiger partial charge in [0, 0.05) is 12.8 Å². The van der Waals surface area contributed by atoms with E-state index in [9.17, 15) is 13.2 Å². The van der Waals surface area contributed by atoms with Gasteiger partial charge in [0.1, 0.15) is 6.61 Å². The fourth-order valence-corrected chi connectivity index (χ4v) is 3.64. The molecule has 1 heterocycles. The second-order valence-electron chi connectivity index (χ2n) is 5.86. The van der Waals surface area contributed by atoms with Crippen LogP contribution in [-0.2, 0) is 39.9 Å². The first-order valence-corrected chi connectivity index (χ1v) is 9.81. The molecule has 3 unspecified atom stereocenters. The Hall–Kier alpha value is -1.74. The second-order valence-corrected chi connectivity index (χ2v) is 7.75. The minimum atomic E-state index is -4.08. The van der Waals surface area contributed by atoms with Gasteiger partial charge in [0.2, 0.25) is 0 Å². The van der Waals surface area contributed by atoms with Gasteiger partial charge in [0.25, 0.3) is 10.1 Å². The quantitative estimate of drug-likeness (QED) is 0.347. The van der Waals surface area contributed by atoms with Crippen LogP contribution < -0.4 is 0 Å². The fraction of sp³-hybridized carbons (Fsp3) is 0.500. The van der Waals surface area contributed by atoms with Crippen LogP contribution in [0.4, 0.5) is 0 Å². The summed E-state index contributed by atoms with van der Waals surface area (Å²) in [4.78, 5) is 12.1. The molecular formula is C18H24O7S. The molecule has 0 radical (unpaired) electrons. The highest BCUT2D eigenvalue weighted by Gasteiger charge is 2.39. The summed E-state index contributed by atoms with van der Waals surface area (Å²) in [6, 6.07) is 9.66. The van der Waals surface area contributed by atoms with E-state index in [0.29, 0.717) is 19.4 Å². The number of benzene rings is 1. The summed E-state index contributed by atoms with van der Waals surface area (Å²) in [7, 11) is -3.06. The van der Waals surface area contributed by atoms with Crippen molar-refractivity contribution in [1.29, 1.82) is 0 Å². The first-order chi connectivity index (χ1) is 12.5. The zero-order valence-electron chi connectivity index (χ0n) is 14.7. The van der Waals surface area contributed by atoms with Crippen LogP contribution in [-0.4, -0.2) is 45.7 Å². The average molecular weight is 384 g/mol. The lowest BCUT2D eigenvalue weighted by atomic mass is 10.1. The van der Waals surface area contributed by atoms with Crippen molar-refractivity contribution in [2.75, 3.05) is 13.7 Å². The summed E-state index contributed by atoms with van der Waals surface area (Å²) in [6.45, 7) is 3.77. The molecule has 0 bridgehead atoms. The van der Waals surface area contributed by atoms with Crippen LogP contribution in [0.5, 0.6) is 0 Å². The standard InChI is InChI=1S/C18H24O7S/c1-3-11-23-18(19)16(26(20,21)22-2)12-15-9-10-17(25-15)24-13-14-7-5-4-6-8-14/h3-8,15-17H,1,9-13H2,2H3. The van der Waals surface area contributed by atoms with Crippen LogP contribution in [0.25, 0.3) is 0 Å². The van der Waals surface area contributed by atoms with Gasteiger partial charge >= 0.3 is 5.97 Å². The van der Waals surface area contributed by atoms with Crippen molar-refractivity contribution >= 4 is 16.1 Å². The smallest absolute Gasteiger partial charge is 0.327 e. The topological polar surface area (TPSA) is 88.1 Å². The molecule has 7 nitrogen and oxygen atoms in total. The summed E-state index contributed by atoms with van der Waals surface area (Å²) in [5, 5.41) is -1.44. The first kappa shape index (κ1) is 20.6. The minimum absolute atomic E-state index is 0.0443. The molecule has 0 aromatic heterocycles. The van der Waals surface area contributed by atoms with Crippen molar-refractivity contribution in [1.82, 2.24) is 0 Å². The van der Waals surface area contributed by atoms with Gasteiger partial charge in [0.05, 0.1) is 19.8 Å². The largest absolute Gasteiger partial charge is 0.460 e. The Kier molecular flexibility index (Phi) is 7.77. The molecule has 1 aliphatic rings. The normalized spacial score (nSPS) is 21.3. The summed E-state index contributed by atoms with van der Waals surface area (Å²) in [5.41, 5.74) is 1.02. The zero-order valence-corrected chi connectivity index (χ0v) is 15.5. The molecule has 26 heavy (non-hydrogen) atoms. The molecule has 1 aromatic carbocycles. The SMILES string of the molecule is C=CCOC(=O)C(CC1CCC(OCc2ccccc2)O1)S(=O)(=O)OC. The highest BCUT2D eigenvalue weighted by atomic mass is 32.2. The van der Waals surface area contributed by atoms with Crippen molar-refractivity contribution in [2.45, 2.75) is 43.5 Å². The van der Waals surface area contributed by atoms with Crippen molar-refractivity contribution in [3.8, 4) is 0 Å². The number of carbonyl (C=O) groups excluding carboxylic acids is 1. The van der Waals surface area contributed by atoms with Gasteiger partial charge in [-0.25, -0.2) is 0 Å². The highest BCUT2D eigenvalue weighted by molar-refractivity contribution is 7.88. The Morgan fingerprint density at radius 1 is 1.35 bits per heavy atom. The van der Waals surface area contributed by atoms with E-state index in [1.165, 1.54) is 6.08 Å². The van der Waals surface area contributed by atoms with Crippen molar-refractivity contribution < 1.29 is 31.6 Å². The van der Waals surface area contributed by atoms with E-state index in [2.05, 4.69) is 10.8 Å². The number of rotatable bonds is 10. The predicted octanol–water partition coefficient (Wildman–Crippen LogP) is 2.17. The molecule has 1 saturated heterocycles. The van der Waals surface area contributed by atoms with Gasteiger partial charge < -0.3 is 14.2 Å². The maximum absolute atomic E-state index is 12.1. The van der Waals surface area contributed by atoms with E-state index in [-0.39, 0.29) is 13.0 Å². The number of esters is 1. The molecule has 0 N–H and O–H groups in total. The predicted molar refractivity (Wildman–Crippen MR) is 94.6 cm³/mol. The summed E-state index contributed by atoms with van der Waals surface area (Å²) in [6.07, 6.45) is 1.67. The average Bonchev–Trinajstić information content (AvgIpc) is 3.11. The number of ether oxygens (including phenoxy) is 3. The monoisotopic (exact) mass is 384 g/mol. The number of hydrogen-bond acceptors (Lipinski definition) is 7. The molecular weight excluding hydrogens is 360 g/mol. The van der Waals surface area contributed by atoms with E-state index in [1.54, 1.807) is 0 Å². The van der Waals surface area contributed by atoms with E-state index >= 15 is 0 Å². The molecule has 8 heteroatoms. The molecule has 0 spiro atoms. The molecule has 1 fully saturated rings. The molecule has 144 valence electrons. The van der Waals surface area contributed by atoms with Crippen LogP contribution in [0.1, 0.15) is 24.8 Å². The molecule has 0 aliphatic carbocycles. The summed E-state index contributed by atoms with van der Waals surface area (Å²) >= 11 is 0. The Bertz CT molecular complexity index is 687. The maximum atomic E-state index is 12.1. The number of carbonyl (C=O) groups is 1. The third-order valence-electron chi connectivity index (χ3n) is 4.01. The Labute approximate surface area is 154 Å². The second kappa shape index (κ2) is 9.82. The van der Waals surface area contributed by atoms with Crippen LogP contribution in [0.3, 0.4) is 0 Å². The van der Waals surface area contributed by atoms with Crippen LogP contribution in [0.2, 0.25) is 0 Å². The van der Waals surface area contributed by atoms with Crippen LogP contribution in [0, 0.1) is 0 Å². The van der Waals surface area contributed by atoms with Gasteiger partial charge in [0.15, 0.2) is 11.5 Å². The molecule has 1 aromatic rings. The van der Waals surface area contributed by atoms with Gasteiger partial charge in [-0.15, -0.1) is 0 Å². The summed E-state index contributed by atoms with van der Waals surface area (Å²) < 4.78 is 44.9. The van der Waals surface area contributed by atoms with Crippen molar-refractivity contribution in [2.24, 2.45) is 0 Å². The third kappa shape index (κ3) is 5.91.